The van der Waals surface area contributed by atoms with Crippen LogP contribution in [-0.2, 0) is 0 Å². The highest BCUT2D eigenvalue weighted by molar-refractivity contribution is 9.10. The van der Waals surface area contributed by atoms with Crippen molar-refractivity contribution in [3.8, 4) is 11.5 Å². The van der Waals surface area contributed by atoms with Gasteiger partial charge in [0.15, 0.2) is 11.5 Å². The molecule has 0 atom stereocenters. The van der Waals surface area contributed by atoms with Crippen molar-refractivity contribution < 1.29 is 9.47 Å². The van der Waals surface area contributed by atoms with Crippen LogP contribution < -0.4 is 9.47 Å². The Hall–Kier alpha value is -0.350. The number of halogens is 1. The maximum atomic E-state index is 5.61. The van der Waals surface area contributed by atoms with Crippen molar-refractivity contribution in [3.63, 3.8) is 0 Å². The Morgan fingerprint density at radius 3 is 2.86 bits per heavy atom. The van der Waals surface area contributed by atoms with E-state index in [2.05, 4.69) is 22.2 Å². The molecule has 0 saturated carbocycles. The minimum atomic E-state index is 0.695. The van der Waals surface area contributed by atoms with E-state index in [1.807, 2.05) is 18.2 Å². The number of rotatable bonds is 5. The Morgan fingerprint density at radius 1 is 1.43 bits per heavy atom. The molecule has 1 rings (SSSR count). The molecule has 0 fully saturated rings. The van der Waals surface area contributed by atoms with Gasteiger partial charge < -0.3 is 9.47 Å². The minimum Gasteiger partial charge on any atom is -0.493 e. The lowest BCUT2D eigenvalue weighted by Crippen LogP contribution is -2.01. The number of hydrogen-bond donors (Lipinski definition) is 0. The van der Waals surface area contributed by atoms with Crippen molar-refractivity contribution in [1.82, 2.24) is 0 Å². The normalized spacial score (nSPS) is 9.93. The van der Waals surface area contributed by atoms with Gasteiger partial charge in [-0.25, -0.2) is 0 Å². The maximum Gasteiger partial charge on any atom is 0.175 e. The summed E-state index contributed by atoms with van der Waals surface area (Å²) in [5, 5.41) is 0. The van der Waals surface area contributed by atoms with Gasteiger partial charge in [0.05, 0.1) is 18.2 Å². The van der Waals surface area contributed by atoms with Crippen LogP contribution >= 0.6 is 27.7 Å². The van der Waals surface area contributed by atoms with Crippen LogP contribution in [0.25, 0.3) is 0 Å². The monoisotopic (exact) mass is 276 g/mol. The molecule has 0 heterocycles. The van der Waals surface area contributed by atoms with Gasteiger partial charge in [0.2, 0.25) is 0 Å². The highest BCUT2D eigenvalue weighted by Crippen LogP contribution is 2.34. The summed E-state index contributed by atoms with van der Waals surface area (Å²) in [6.07, 6.45) is 2.06. The van der Waals surface area contributed by atoms with Crippen LogP contribution in [0.4, 0.5) is 0 Å². The van der Waals surface area contributed by atoms with Gasteiger partial charge in [0.1, 0.15) is 0 Å². The molecule has 4 heteroatoms. The summed E-state index contributed by atoms with van der Waals surface area (Å²) in [5.41, 5.74) is 0. The van der Waals surface area contributed by atoms with E-state index in [4.69, 9.17) is 9.47 Å². The SMILES string of the molecule is COc1cccc(Br)c1OCCSC. The van der Waals surface area contributed by atoms with Gasteiger partial charge in [0, 0.05) is 5.75 Å². The second-order valence-corrected chi connectivity index (χ2v) is 4.45. The molecule has 0 radical (unpaired) electrons. The van der Waals surface area contributed by atoms with E-state index in [-0.39, 0.29) is 0 Å². The minimum absolute atomic E-state index is 0.695. The van der Waals surface area contributed by atoms with Crippen molar-refractivity contribution in [2.45, 2.75) is 0 Å². The molecule has 0 aromatic heterocycles. The van der Waals surface area contributed by atoms with E-state index in [0.29, 0.717) is 6.61 Å². The fourth-order valence-corrected chi connectivity index (χ4v) is 1.73. The summed E-state index contributed by atoms with van der Waals surface area (Å²) in [5.74, 6) is 2.52. The summed E-state index contributed by atoms with van der Waals surface area (Å²) in [6.45, 7) is 0.695. The first-order valence-corrected chi connectivity index (χ1v) is 6.42. The van der Waals surface area contributed by atoms with Crippen LogP contribution in [0.2, 0.25) is 0 Å². The molecule has 0 amide bonds. The molecule has 0 bridgehead atoms. The lowest BCUT2D eigenvalue weighted by atomic mass is 10.3. The number of thioether (sulfide) groups is 1. The molecule has 0 unspecified atom stereocenters. The molecule has 0 saturated heterocycles. The standard InChI is InChI=1S/C10H13BrO2S/c1-12-9-5-3-4-8(11)10(9)13-6-7-14-2/h3-5H,6-7H2,1-2H3. The zero-order valence-electron chi connectivity index (χ0n) is 8.25. The van der Waals surface area contributed by atoms with Crippen molar-refractivity contribution >= 4 is 27.7 Å². The smallest absolute Gasteiger partial charge is 0.175 e. The van der Waals surface area contributed by atoms with Crippen LogP contribution in [-0.4, -0.2) is 25.7 Å². The molecule has 0 aliphatic rings. The fourth-order valence-electron chi connectivity index (χ4n) is 1.02. The molecular formula is C10H13BrO2S. The van der Waals surface area contributed by atoms with Crippen molar-refractivity contribution in [2.75, 3.05) is 25.7 Å². The van der Waals surface area contributed by atoms with Crippen LogP contribution in [0.5, 0.6) is 11.5 Å². The second-order valence-electron chi connectivity index (χ2n) is 2.61. The van der Waals surface area contributed by atoms with Gasteiger partial charge in [-0.3, -0.25) is 0 Å². The first-order valence-electron chi connectivity index (χ1n) is 4.24. The predicted octanol–water partition coefficient (Wildman–Crippen LogP) is 3.20. The average Bonchev–Trinajstić information content (AvgIpc) is 2.20. The van der Waals surface area contributed by atoms with Gasteiger partial charge in [-0.15, -0.1) is 0 Å². The summed E-state index contributed by atoms with van der Waals surface area (Å²) >= 11 is 5.19. The van der Waals surface area contributed by atoms with Crippen molar-refractivity contribution in [1.29, 1.82) is 0 Å². The molecule has 0 N–H and O–H groups in total. The Balaban J connectivity index is 2.72. The van der Waals surface area contributed by atoms with Crippen LogP contribution in [0.3, 0.4) is 0 Å². The number of hydrogen-bond acceptors (Lipinski definition) is 3. The summed E-state index contributed by atoms with van der Waals surface area (Å²) in [7, 11) is 1.64. The van der Waals surface area contributed by atoms with E-state index in [1.54, 1.807) is 18.9 Å². The lowest BCUT2D eigenvalue weighted by Gasteiger charge is -2.11. The molecule has 78 valence electrons. The van der Waals surface area contributed by atoms with E-state index in [9.17, 15) is 0 Å². The summed E-state index contributed by atoms with van der Waals surface area (Å²) in [6, 6.07) is 5.75. The Morgan fingerprint density at radius 2 is 2.21 bits per heavy atom. The fraction of sp³-hybridized carbons (Fsp3) is 0.400. The second kappa shape index (κ2) is 6.19. The quantitative estimate of drug-likeness (QED) is 0.770. The van der Waals surface area contributed by atoms with Crippen molar-refractivity contribution in [3.05, 3.63) is 22.7 Å². The molecule has 2 nitrogen and oxygen atoms in total. The lowest BCUT2D eigenvalue weighted by molar-refractivity contribution is 0.311. The van der Waals surface area contributed by atoms with Gasteiger partial charge in [0.25, 0.3) is 0 Å². The largest absolute Gasteiger partial charge is 0.493 e. The first-order chi connectivity index (χ1) is 6.79. The molecular weight excluding hydrogens is 264 g/mol. The molecule has 1 aromatic rings. The summed E-state index contributed by atoms with van der Waals surface area (Å²) < 4.78 is 11.7. The van der Waals surface area contributed by atoms with Gasteiger partial charge >= 0.3 is 0 Å². The highest BCUT2D eigenvalue weighted by atomic mass is 79.9. The number of ether oxygens (including phenoxy) is 2. The van der Waals surface area contributed by atoms with Gasteiger partial charge in [-0.2, -0.15) is 11.8 Å². The van der Waals surface area contributed by atoms with Gasteiger partial charge in [-0.1, -0.05) is 6.07 Å². The van der Waals surface area contributed by atoms with Crippen LogP contribution in [0.15, 0.2) is 22.7 Å². The van der Waals surface area contributed by atoms with E-state index in [1.165, 1.54) is 0 Å². The third-order valence-electron chi connectivity index (χ3n) is 1.68. The molecule has 0 aliphatic heterocycles. The maximum absolute atomic E-state index is 5.61. The average molecular weight is 277 g/mol. The van der Waals surface area contributed by atoms with E-state index < -0.39 is 0 Å². The highest BCUT2D eigenvalue weighted by Gasteiger charge is 2.07. The molecule has 1 aromatic carbocycles. The number of para-hydroxylation sites is 1. The van der Waals surface area contributed by atoms with Crippen molar-refractivity contribution in [2.24, 2.45) is 0 Å². The Kier molecular flexibility index (Phi) is 5.19. The zero-order chi connectivity index (χ0) is 10.4. The van der Waals surface area contributed by atoms with Gasteiger partial charge in [-0.05, 0) is 34.3 Å². The van der Waals surface area contributed by atoms with Crippen LogP contribution in [0, 0.1) is 0 Å². The zero-order valence-corrected chi connectivity index (χ0v) is 10.7. The Bertz CT molecular complexity index is 291. The summed E-state index contributed by atoms with van der Waals surface area (Å²) in [4.78, 5) is 0. The third-order valence-corrected chi connectivity index (χ3v) is 2.88. The number of methoxy groups -OCH3 is 1. The van der Waals surface area contributed by atoms with Crippen LogP contribution in [0.1, 0.15) is 0 Å². The predicted molar refractivity (Wildman–Crippen MR) is 64.6 cm³/mol. The number of benzene rings is 1. The Labute approximate surface area is 97.1 Å². The third kappa shape index (κ3) is 3.10. The molecule has 0 aliphatic carbocycles. The van der Waals surface area contributed by atoms with E-state index in [0.717, 1.165) is 21.7 Å². The molecule has 0 spiro atoms. The molecule has 14 heavy (non-hydrogen) atoms. The first kappa shape index (κ1) is 11.7. The topological polar surface area (TPSA) is 18.5 Å². The van der Waals surface area contributed by atoms with E-state index >= 15 is 0 Å².